The van der Waals surface area contributed by atoms with Gasteiger partial charge in [-0.15, -0.1) is 11.3 Å². The van der Waals surface area contributed by atoms with Crippen molar-refractivity contribution >= 4 is 43.1 Å². The van der Waals surface area contributed by atoms with Gasteiger partial charge in [0.25, 0.3) is 0 Å². The second-order valence-electron chi connectivity index (χ2n) is 21.1. The first kappa shape index (κ1) is 39.7. The summed E-state index contributed by atoms with van der Waals surface area (Å²) >= 11 is 1.75. The molecular weight excluding hydrogens is 839 g/mol. The predicted octanol–water partition coefficient (Wildman–Crippen LogP) is 18.2. The van der Waals surface area contributed by atoms with Gasteiger partial charge in [-0.05, 0) is 164 Å². The fraction of sp³-hybridized carbons (Fsp3) is 0.136. The van der Waals surface area contributed by atoms with Gasteiger partial charge in [0, 0.05) is 21.8 Å². The van der Waals surface area contributed by atoms with Crippen LogP contribution in [0, 0.1) is 0 Å². The molecule has 1 heterocycles. The Hall–Kier alpha value is -7.39. The Labute approximate surface area is 402 Å². The molecule has 14 rings (SSSR count). The van der Waals surface area contributed by atoms with E-state index in [4.69, 9.17) is 4.98 Å². The summed E-state index contributed by atoms with van der Waals surface area (Å²) in [5.74, 6) is 0. The molecule has 0 N–H and O–H groups in total. The lowest BCUT2D eigenvalue weighted by atomic mass is 9.77. The van der Waals surface area contributed by atoms with Crippen LogP contribution in [0.15, 0.2) is 188 Å². The first-order valence-corrected chi connectivity index (χ1v) is 24.9. The standard InChI is InChI=1S/C66H49NS/c1-64(2)53-19-11-9-15-43(53)45-31-28-41(34-56(45)64)61-48-17-7-8-18-49(48)62(42-29-32-46-44-16-10-12-20-54(44)65(3,4)57(46)35-42)52-37-58-50(36-51(52)61)47-30-27-40(33-55(47)66(58,5)6)38-23-25-39(26-24-38)63-67-59-21-13-14-22-60(59)68-63/h7-37H,1-6H3. The third-order valence-electron chi connectivity index (χ3n) is 16.3. The molecule has 0 spiro atoms. The molecule has 1 nitrogen and oxygen atoms in total. The minimum absolute atomic E-state index is 0.110. The zero-order chi connectivity index (χ0) is 45.8. The molecule has 11 aromatic rings. The van der Waals surface area contributed by atoms with Crippen molar-refractivity contribution in [1.82, 2.24) is 4.98 Å². The third kappa shape index (κ3) is 5.41. The third-order valence-corrected chi connectivity index (χ3v) is 17.4. The first-order chi connectivity index (χ1) is 33.0. The van der Waals surface area contributed by atoms with E-state index < -0.39 is 0 Å². The van der Waals surface area contributed by atoms with E-state index >= 15 is 0 Å². The van der Waals surface area contributed by atoms with Crippen molar-refractivity contribution in [3.05, 3.63) is 221 Å². The smallest absolute Gasteiger partial charge is 0.124 e. The zero-order valence-corrected chi connectivity index (χ0v) is 40.1. The maximum Gasteiger partial charge on any atom is 0.124 e. The van der Waals surface area contributed by atoms with Crippen LogP contribution in [0.25, 0.3) is 109 Å². The lowest BCUT2D eigenvalue weighted by molar-refractivity contribution is 0.660. The largest absolute Gasteiger partial charge is 0.236 e. The summed E-state index contributed by atoms with van der Waals surface area (Å²) in [7, 11) is 0. The van der Waals surface area contributed by atoms with Crippen molar-refractivity contribution < 1.29 is 0 Å². The Balaban J connectivity index is 0.983. The number of fused-ring (bicyclic) bond motifs is 12. The fourth-order valence-electron chi connectivity index (χ4n) is 12.7. The number of thiazole rings is 1. The van der Waals surface area contributed by atoms with Crippen molar-refractivity contribution in [2.24, 2.45) is 0 Å². The van der Waals surface area contributed by atoms with Crippen molar-refractivity contribution in [3.8, 4) is 77.3 Å². The van der Waals surface area contributed by atoms with Crippen LogP contribution >= 0.6 is 11.3 Å². The Morgan fingerprint density at radius 3 is 1.31 bits per heavy atom. The molecule has 0 atom stereocenters. The van der Waals surface area contributed by atoms with Gasteiger partial charge < -0.3 is 0 Å². The van der Waals surface area contributed by atoms with Crippen LogP contribution in [0.3, 0.4) is 0 Å². The summed E-state index contributed by atoms with van der Waals surface area (Å²) in [6.07, 6.45) is 0. The lowest BCUT2D eigenvalue weighted by Gasteiger charge is -2.25. The van der Waals surface area contributed by atoms with Crippen LogP contribution in [0.5, 0.6) is 0 Å². The van der Waals surface area contributed by atoms with E-state index in [-0.39, 0.29) is 16.2 Å². The minimum atomic E-state index is -0.232. The van der Waals surface area contributed by atoms with Gasteiger partial charge in [0.2, 0.25) is 0 Å². The van der Waals surface area contributed by atoms with Gasteiger partial charge in [0.05, 0.1) is 10.2 Å². The molecule has 0 aliphatic heterocycles. The topological polar surface area (TPSA) is 12.9 Å². The predicted molar refractivity (Wildman–Crippen MR) is 289 cm³/mol. The van der Waals surface area contributed by atoms with E-state index in [1.807, 2.05) is 0 Å². The summed E-state index contributed by atoms with van der Waals surface area (Å²) in [5.41, 5.74) is 25.8. The molecule has 0 fully saturated rings. The fourth-order valence-corrected chi connectivity index (χ4v) is 13.7. The van der Waals surface area contributed by atoms with Crippen molar-refractivity contribution in [2.45, 2.75) is 57.8 Å². The molecule has 0 saturated carbocycles. The molecule has 0 saturated heterocycles. The second-order valence-corrected chi connectivity index (χ2v) is 22.1. The van der Waals surface area contributed by atoms with E-state index in [2.05, 4.69) is 230 Å². The van der Waals surface area contributed by atoms with Crippen LogP contribution in [0.4, 0.5) is 0 Å². The molecule has 3 aliphatic rings. The molecule has 3 aliphatic carbocycles. The molecular formula is C66H49NS. The quantitative estimate of drug-likeness (QED) is 0.160. The molecule has 1 aromatic heterocycles. The van der Waals surface area contributed by atoms with Crippen LogP contribution < -0.4 is 0 Å². The van der Waals surface area contributed by atoms with E-state index in [0.29, 0.717) is 0 Å². The number of aromatic nitrogens is 1. The highest BCUT2D eigenvalue weighted by atomic mass is 32.1. The highest BCUT2D eigenvalue weighted by molar-refractivity contribution is 7.21. The maximum atomic E-state index is 4.94. The highest BCUT2D eigenvalue weighted by Crippen LogP contribution is 2.57. The summed E-state index contributed by atoms with van der Waals surface area (Å²) in [6, 6.07) is 71.5. The molecule has 2 heteroatoms. The first-order valence-electron chi connectivity index (χ1n) is 24.1. The number of benzene rings is 10. The summed E-state index contributed by atoms with van der Waals surface area (Å²) in [4.78, 5) is 4.94. The van der Waals surface area contributed by atoms with Crippen molar-refractivity contribution in [1.29, 1.82) is 0 Å². The van der Waals surface area contributed by atoms with E-state index in [1.54, 1.807) is 11.3 Å². The normalized spacial score (nSPS) is 15.3. The Morgan fingerprint density at radius 1 is 0.309 bits per heavy atom. The number of para-hydroxylation sites is 1. The Kier molecular flexibility index (Phi) is 8.09. The van der Waals surface area contributed by atoms with Gasteiger partial charge in [-0.25, -0.2) is 4.98 Å². The van der Waals surface area contributed by atoms with E-state index in [9.17, 15) is 0 Å². The van der Waals surface area contributed by atoms with Gasteiger partial charge in [-0.1, -0.05) is 187 Å². The van der Waals surface area contributed by atoms with E-state index in [1.165, 1.54) is 126 Å². The average Bonchev–Trinajstić information content (AvgIpc) is 4.04. The van der Waals surface area contributed by atoms with Crippen molar-refractivity contribution in [3.63, 3.8) is 0 Å². The van der Waals surface area contributed by atoms with Crippen LogP contribution in [0.2, 0.25) is 0 Å². The molecule has 324 valence electrons. The molecule has 0 bridgehead atoms. The highest BCUT2D eigenvalue weighted by Gasteiger charge is 2.39. The number of nitrogens with zero attached hydrogens (tertiary/aromatic N) is 1. The molecule has 10 aromatic carbocycles. The Morgan fingerprint density at radius 2 is 0.721 bits per heavy atom. The van der Waals surface area contributed by atoms with Crippen LogP contribution in [-0.4, -0.2) is 4.98 Å². The SMILES string of the molecule is CC1(C)c2ccccc2-c2ccc(-c3c4ccccc4c(-c4ccc5c(c4)C(C)(C)c4ccccc4-5)c4cc5c(cc34)-c3ccc(-c4ccc(-c6nc7ccccc7s6)cc4)cc3C5(C)C)cc21. The molecule has 0 unspecified atom stereocenters. The maximum absolute atomic E-state index is 4.94. The average molecular weight is 888 g/mol. The van der Waals surface area contributed by atoms with Crippen LogP contribution in [-0.2, 0) is 16.2 Å². The number of hydrogen-bond acceptors (Lipinski definition) is 2. The summed E-state index contributed by atoms with van der Waals surface area (Å²) in [6.45, 7) is 14.4. The molecule has 0 amide bonds. The zero-order valence-electron chi connectivity index (χ0n) is 39.3. The van der Waals surface area contributed by atoms with Gasteiger partial charge in [-0.2, -0.15) is 0 Å². The van der Waals surface area contributed by atoms with Gasteiger partial charge in [0.1, 0.15) is 5.01 Å². The van der Waals surface area contributed by atoms with Gasteiger partial charge in [0.15, 0.2) is 0 Å². The van der Waals surface area contributed by atoms with Gasteiger partial charge >= 0.3 is 0 Å². The Bertz CT molecular complexity index is 3950. The molecule has 68 heavy (non-hydrogen) atoms. The summed E-state index contributed by atoms with van der Waals surface area (Å²) in [5, 5.41) is 6.24. The number of hydrogen-bond donors (Lipinski definition) is 0. The van der Waals surface area contributed by atoms with E-state index in [0.717, 1.165) is 16.1 Å². The van der Waals surface area contributed by atoms with Crippen molar-refractivity contribution in [2.75, 3.05) is 0 Å². The second kappa shape index (κ2) is 13.8. The van der Waals surface area contributed by atoms with Gasteiger partial charge in [-0.3, -0.25) is 0 Å². The van der Waals surface area contributed by atoms with Crippen LogP contribution in [0.1, 0.15) is 74.9 Å². The minimum Gasteiger partial charge on any atom is -0.236 e. The monoisotopic (exact) mass is 887 g/mol. The molecule has 0 radical (unpaired) electrons. The lowest BCUT2D eigenvalue weighted by Crippen LogP contribution is -2.15. The summed E-state index contributed by atoms with van der Waals surface area (Å²) < 4.78 is 1.22. The number of rotatable bonds is 4.